The molecular weight excluding hydrogens is 292 g/mol. The fourth-order valence-electron chi connectivity index (χ4n) is 2.65. The van der Waals surface area contributed by atoms with Crippen molar-refractivity contribution in [3.05, 3.63) is 24.3 Å². The molecule has 0 spiro atoms. The Morgan fingerprint density at radius 2 is 2.04 bits per heavy atom. The number of nitrogens with zero attached hydrogens (tertiary/aromatic N) is 3. The Labute approximate surface area is 138 Å². The van der Waals surface area contributed by atoms with Crippen molar-refractivity contribution >= 4 is 6.09 Å². The molecule has 0 aromatic carbocycles. The first-order valence-corrected chi connectivity index (χ1v) is 8.21. The number of carbonyl (C=O) groups excluding carboxylic acids is 1. The highest BCUT2D eigenvalue weighted by Gasteiger charge is 2.33. The van der Waals surface area contributed by atoms with Crippen molar-refractivity contribution in [3.63, 3.8) is 0 Å². The van der Waals surface area contributed by atoms with Gasteiger partial charge in [0.05, 0.1) is 5.69 Å². The molecule has 2 heterocycles. The summed E-state index contributed by atoms with van der Waals surface area (Å²) >= 11 is 0. The van der Waals surface area contributed by atoms with Gasteiger partial charge < -0.3 is 15.0 Å². The lowest BCUT2D eigenvalue weighted by atomic mass is 9.80. The monoisotopic (exact) mass is 320 g/mol. The van der Waals surface area contributed by atoms with Crippen LogP contribution in [0.5, 0.6) is 0 Å². The predicted octanol–water partition coefficient (Wildman–Crippen LogP) is 2.60. The second kappa shape index (κ2) is 7.25. The van der Waals surface area contributed by atoms with E-state index in [1.54, 1.807) is 18.6 Å². The van der Waals surface area contributed by atoms with Crippen LogP contribution in [-0.2, 0) is 11.3 Å². The number of hydrogen-bond donors (Lipinski definition) is 1. The van der Waals surface area contributed by atoms with E-state index in [2.05, 4.69) is 22.2 Å². The number of piperidine rings is 1. The molecular formula is C17H28N4O2. The minimum atomic E-state index is -0.434. The van der Waals surface area contributed by atoms with Gasteiger partial charge in [-0.1, -0.05) is 6.92 Å². The van der Waals surface area contributed by atoms with Crippen LogP contribution in [0.3, 0.4) is 0 Å². The summed E-state index contributed by atoms with van der Waals surface area (Å²) in [4.78, 5) is 22.2. The highest BCUT2D eigenvalue weighted by Crippen LogP contribution is 2.30. The summed E-state index contributed by atoms with van der Waals surface area (Å²) < 4.78 is 5.44. The molecule has 128 valence electrons. The number of aromatic nitrogens is 2. The first-order chi connectivity index (χ1) is 10.8. The summed E-state index contributed by atoms with van der Waals surface area (Å²) in [5.74, 6) is 0. The molecule has 0 saturated carbocycles. The third kappa shape index (κ3) is 5.78. The molecule has 1 aliphatic heterocycles. The zero-order chi connectivity index (χ0) is 16.9. The fourth-order valence-corrected chi connectivity index (χ4v) is 2.65. The van der Waals surface area contributed by atoms with E-state index in [0.717, 1.165) is 44.7 Å². The van der Waals surface area contributed by atoms with Gasteiger partial charge >= 0.3 is 6.09 Å². The second-order valence-corrected chi connectivity index (χ2v) is 7.58. The van der Waals surface area contributed by atoms with Crippen molar-refractivity contribution in [3.8, 4) is 0 Å². The lowest BCUT2D eigenvalue weighted by Gasteiger charge is -2.39. The van der Waals surface area contributed by atoms with E-state index in [4.69, 9.17) is 4.74 Å². The molecule has 1 N–H and O–H groups in total. The highest BCUT2D eigenvalue weighted by molar-refractivity contribution is 5.68. The summed E-state index contributed by atoms with van der Waals surface area (Å²) in [6, 6.07) is 0. The average Bonchev–Trinajstić information content (AvgIpc) is 2.47. The molecule has 2 rings (SSSR count). The van der Waals surface area contributed by atoms with Gasteiger partial charge in [0.25, 0.3) is 0 Å². The van der Waals surface area contributed by atoms with Gasteiger partial charge in [0.1, 0.15) is 5.60 Å². The molecule has 23 heavy (non-hydrogen) atoms. The molecule has 1 saturated heterocycles. The topological polar surface area (TPSA) is 67.4 Å². The Kier molecular flexibility index (Phi) is 5.57. The summed E-state index contributed by atoms with van der Waals surface area (Å²) in [5, 5.41) is 3.46. The van der Waals surface area contributed by atoms with Crippen LogP contribution in [0.4, 0.5) is 4.79 Å². The minimum Gasteiger partial charge on any atom is -0.444 e. The van der Waals surface area contributed by atoms with Gasteiger partial charge in [0.15, 0.2) is 0 Å². The molecule has 0 aliphatic carbocycles. The summed E-state index contributed by atoms with van der Waals surface area (Å²) in [5.41, 5.74) is 0.707. The van der Waals surface area contributed by atoms with Crippen LogP contribution in [-0.4, -0.2) is 46.2 Å². The summed E-state index contributed by atoms with van der Waals surface area (Å²) in [7, 11) is 0. The van der Waals surface area contributed by atoms with Crippen molar-refractivity contribution in [2.45, 2.75) is 52.7 Å². The van der Waals surface area contributed by atoms with E-state index >= 15 is 0 Å². The Balaban J connectivity index is 1.75. The van der Waals surface area contributed by atoms with E-state index < -0.39 is 5.60 Å². The van der Waals surface area contributed by atoms with Crippen LogP contribution < -0.4 is 5.32 Å². The first kappa shape index (κ1) is 17.7. The van der Waals surface area contributed by atoms with E-state index in [1.165, 1.54) is 0 Å². The third-order valence-electron chi connectivity index (χ3n) is 4.10. The molecule has 1 fully saturated rings. The molecule has 1 aromatic rings. The number of nitrogens with one attached hydrogen (secondary N) is 1. The normalized spacial score (nSPS) is 17.8. The predicted molar refractivity (Wildman–Crippen MR) is 88.9 cm³/mol. The quantitative estimate of drug-likeness (QED) is 0.923. The van der Waals surface area contributed by atoms with E-state index in [0.29, 0.717) is 0 Å². The number of hydrogen-bond acceptors (Lipinski definition) is 5. The molecule has 0 atom stereocenters. The molecule has 1 amide bonds. The maximum absolute atomic E-state index is 12.1. The van der Waals surface area contributed by atoms with Gasteiger partial charge in [-0.2, -0.15) is 0 Å². The molecule has 0 unspecified atom stereocenters. The smallest absolute Gasteiger partial charge is 0.410 e. The van der Waals surface area contributed by atoms with Crippen molar-refractivity contribution in [1.82, 2.24) is 20.2 Å². The van der Waals surface area contributed by atoms with Gasteiger partial charge in [-0.05, 0) is 39.0 Å². The van der Waals surface area contributed by atoms with Gasteiger partial charge in [0.2, 0.25) is 0 Å². The number of carbonyl (C=O) groups is 1. The second-order valence-electron chi connectivity index (χ2n) is 7.58. The Hall–Kier alpha value is -1.69. The maximum atomic E-state index is 12.1. The Morgan fingerprint density at radius 1 is 1.35 bits per heavy atom. The van der Waals surface area contributed by atoms with Crippen LogP contribution >= 0.6 is 0 Å². The van der Waals surface area contributed by atoms with Crippen molar-refractivity contribution in [2.24, 2.45) is 5.41 Å². The first-order valence-electron chi connectivity index (χ1n) is 8.21. The Bertz CT molecular complexity index is 505. The molecule has 1 aromatic heterocycles. The number of amides is 1. The minimum absolute atomic E-state index is 0.195. The SMILES string of the molecule is CC1(CNCc2cnccn2)CCN(C(=O)OC(C)(C)C)CC1. The average molecular weight is 320 g/mol. The van der Waals surface area contributed by atoms with Gasteiger partial charge in [0, 0.05) is 44.8 Å². The maximum Gasteiger partial charge on any atom is 0.410 e. The van der Waals surface area contributed by atoms with Gasteiger partial charge in [-0.3, -0.25) is 9.97 Å². The standard InChI is InChI=1S/C17H28N4O2/c1-16(2,3)23-15(22)21-9-5-17(4,6-10-21)13-19-12-14-11-18-7-8-20-14/h7-8,11,19H,5-6,9-10,12-13H2,1-4H3. The molecule has 6 heteroatoms. The van der Waals surface area contributed by atoms with Crippen molar-refractivity contribution in [1.29, 1.82) is 0 Å². The van der Waals surface area contributed by atoms with Gasteiger partial charge in [-0.25, -0.2) is 4.79 Å². The molecule has 0 radical (unpaired) electrons. The van der Waals surface area contributed by atoms with E-state index in [1.807, 2.05) is 25.7 Å². The zero-order valence-electron chi connectivity index (χ0n) is 14.6. The molecule has 6 nitrogen and oxygen atoms in total. The lowest BCUT2D eigenvalue weighted by molar-refractivity contribution is 0.0119. The van der Waals surface area contributed by atoms with E-state index in [9.17, 15) is 4.79 Å². The van der Waals surface area contributed by atoms with Crippen molar-refractivity contribution in [2.75, 3.05) is 19.6 Å². The highest BCUT2D eigenvalue weighted by atomic mass is 16.6. The number of rotatable bonds is 4. The van der Waals surface area contributed by atoms with Crippen molar-refractivity contribution < 1.29 is 9.53 Å². The summed E-state index contributed by atoms with van der Waals surface area (Å²) in [6.07, 6.45) is 6.90. The third-order valence-corrected chi connectivity index (χ3v) is 4.10. The van der Waals surface area contributed by atoms with E-state index in [-0.39, 0.29) is 11.5 Å². The van der Waals surface area contributed by atoms with Crippen LogP contribution in [0.1, 0.15) is 46.2 Å². The van der Waals surface area contributed by atoms with Crippen LogP contribution in [0.2, 0.25) is 0 Å². The van der Waals surface area contributed by atoms with Crippen LogP contribution in [0.25, 0.3) is 0 Å². The Morgan fingerprint density at radius 3 is 2.61 bits per heavy atom. The fraction of sp³-hybridized carbons (Fsp3) is 0.706. The molecule has 0 bridgehead atoms. The summed E-state index contributed by atoms with van der Waals surface area (Å²) in [6.45, 7) is 11.1. The number of likely N-dealkylation sites (tertiary alicyclic amines) is 1. The largest absolute Gasteiger partial charge is 0.444 e. The lowest BCUT2D eigenvalue weighted by Crippen LogP contribution is -2.47. The zero-order valence-corrected chi connectivity index (χ0v) is 14.6. The van der Waals surface area contributed by atoms with Crippen LogP contribution in [0.15, 0.2) is 18.6 Å². The molecule has 1 aliphatic rings. The van der Waals surface area contributed by atoms with Crippen LogP contribution in [0, 0.1) is 5.41 Å². The van der Waals surface area contributed by atoms with Gasteiger partial charge in [-0.15, -0.1) is 0 Å². The number of ether oxygens (including phenoxy) is 1.